The molecule has 0 saturated carbocycles. The molecule has 1 N–H and O–H groups in total. The van der Waals surface area contributed by atoms with E-state index in [9.17, 15) is 4.79 Å². The Morgan fingerprint density at radius 2 is 1.87 bits per heavy atom. The van der Waals surface area contributed by atoms with Gasteiger partial charge in [0.2, 0.25) is 11.7 Å². The lowest BCUT2D eigenvalue weighted by atomic mass is 10.1. The Hall–Kier alpha value is -3.48. The molecule has 1 unspecified atom stereocenters. The van der Waals surface area contributed by atoms with E-state index < -0.39 is 0 Å². The Bertz CT molecular complexity index is 1030. The number of hydrogen-bond acceptors (Lipinski definition) is 5. The van der Waals surface area contributed by atoms with Crippen molar-refractivity contribution in [2.75, 3.05) is 27.9 Å². The number of fused-ring (bicyclic) bond motifs is 1. The van der Waals surface area contributed by atoms with Crippen LogP contribution in [0.3, 0.4) is 0 Å². The number of carbonyl (C=O) groups excluding carboxylic acids is 1. The molecule has 1 aliphatic heterocycles. The second-order valence-corrected chi connectivity index (χ2v) is 7.12. The van der Waals surface area contributed by atoms with Crippen molar-refractivity contribution in [1.29, 1.82) is 0 Å². The number of hydrogen-bond donors (Lipinski definition) is 1. The van der Waals surface area contributed by atoms with E-state index in [1.807, 2.05) is 41.3 Å². The van der Waals surface area contributed by atoms with Crippen LogP contribution in [0.5, 0.6) is 17.2 Å². The average Bonchev–Trinajstić information content (AvgIpc) is 3.43. The maximum atomic E-state index is 13.0. The number of aromatic nitrogens is 2. The highest BCUT2D eigenvalue weighted by atomic mass is 16.5. The van der Waals surface area contributed by atoms with Crippen molar-refractivity contribution in [3.05, 3.63) is 53.9 Å². The number of carbonyl (C=O) groups is 1. The largest absolute Gasteiger partial charge is 0.493 e. The molecule has 1 aromatic heterocycles. The van der Waals surface area contributed by atoms with Crippen LogP contribution in [0.4, 0.5) is 0 Å². The van der Waals surface area contributed by atoms with Crippen LogP contribution >= 0.6 is 0 Å². The highest BCUT2D eigenvalue weighted by molar-refractivity contribution is 5.92. The molecule has 0 radical (unpaired) electrons. The molecule has 1 aliphatic rings. The number of para-hydroxylation sites is 2. The second kappa shape index (κ2) is 8.49. The van der Waals surface area contributed by atoms with Gasteiger partial charge in [-0.15, -0.1) is 0 Å². The van der Waals surface area contributed by atoms with E-state index in [1.165, 1.54) is 0 Å². The van der Waals surface area contributed by atoms with E-state index in [1.54, 1.807) is 33.5 Å². The Morgan fingerprint density at radius 1 is 1.13 bits per heavy atom. The first-order valence-corrected chi connectivity index (χ1v) is 9.88. The number of amides is 1. The minimum absolute atomic E-state index is 0.0468. The minimum atomic E-state index is -0.0493. The van der Waals surface area contributed by atoms with Gasteiger partial charge in [-0.05, 0) is 48.7 Å². The number of likely N-dealkylation sites (tertiary alicyclic amines) is 1. The van der Waals surface area contributed by atoms with Crippen LogP contribution in [0.2, 0.25) is 0 Å². The predicted molar refractivity (Wildman–Crippen MR) is 115 cm³/mol. The Morgan fingerprint density at radius 3 is 2.53 bits per heavy atom. The number of nitrogens with one attached hydrogen (secondary N) is 1. The second-order valence-electron chi connectivity index (χ2n) is 7.12. The molecule has 1 saturated heterocycles. The van der Waals surface area contributed by atoms with E-state index >= 15 is 0 Å². The maximum absolute atomic E-state index is 13.0. The summed E-state index contributed by atoms with van der Waals surface area (Å²) in [6, 6.07) is 11.5. The number of ether oxygens (including phenoxy) is 3. The molecule has 2 heterocycles. The van der Waals surface area contributed by atoms with Crippen LogP contribution in [0, 0.1) is 0 Å². The smallest absolute Gasteiger partial charge is 0.247 e. The standard InChI is InChI=1S/C23H25N3O4/c1-28-19-13-15(14-20(29-2)22(19)30-3)10-11-21(27)26-12-6-9-18(26)23-24-16-7-4-5-8-17(16)25-23/h4-5,7-8,10-11,13-14,18H,6,9,12H2,1-3H3,(H,24,25). The summed E-state index contributed by atoms with van der Waals surface area (Å²) in [6.07, 6.45) is 5.19. The van der Waals surface area contributed by atoms with Crippen molar-refractivity contribution in [3.8, 4) is 17.2 Å². The lowest BCUT2D eigenvalue weighted by Crippen LogP contribution is -2.29. The van der Waals surface area contributed by atoms with Gasteiger partial charge in [0.1, 0.15) is 5.82 Å². The van der Waals surface area contributed by atoms with Crippen molar-refractivity contribution in [1.82, 2.24) is 14.9 Å². The molecule has 1 atom stereocenters. The van der Waals surface area contributed by atoms with E-state index in [2.05, 4.69) is 9.97 Å². The van der Waals surface area contributed by atoms with Gasteiger partial charge in [-0.2, -0.15) is 0 Å². The third-order valence-electron chi connectivity index (χ3n) is 5.36. The van der Waals surface area contributed by atoms with E-state index in [-0.39, 0.29) is 11.9 Å². The average molecular weight is 407 g/mol. The van der Waals surface area contributed by atoms with Gasteiger partial charge in [0.25, 0.3) is 0 Å². The van der Waals surface area contributed by atoms with Crippen molar-refractivity contribution in [2.24, 2.45) is 0 Å². The molecule has 30 heavy (non-hydrogen) atoms. The van der Waals surface area contributed by atoms with Gasteiger partial charge in [0.15, 0.2) is 11.5 Å². The molecule has 1 amide bonds. The molecular formula is C23H25N3O4. The normalized spacial score (nSPS) is 16.4. The summed E-state index contributed by atoms with van der Waals surface area (Å²) < 4.78 is 16.1. The molecule has 7 heteroatoms. The number of rotatable bonds is 6. The van der Waals surface area contributed by atoms with Crippen LogP contribution in [-0.4, -0.2) is 48.6 Å². The van der Waals surface area contributed by atoms with E-state index in [0.717, 1.165) is 35.3 Å². The first kappa shape index (κ1) is 19.8. The summed E-state index contributed by atoms with van der Waals surface area (Å²) in [7, 11) is 4.70. The molecule has 156 valence electrons. The summed E-state index contributed by atoms with van der Waals surface area (Å²) >= 11 is 0. The summed E-state index contributed by atoms with van der Waals surface area (Å²) in [6.45, 7) is 0.708. The van der Waals surface area contributed by atoms with Crippen LogP contribution in [0.1, 0.15) is 30.3 Å². The number of nitrogens with zero attached hydrogens (tertiary/aromatic N) is 2. The van der Waals surface area contributed by atoms with E-state index in [0.29, 0.717) is 23.8 Å². The SMILES string of the molecule is COc1cc(C=CC(=O)N2CCCC2c2nc3ccccc3[nH]2)cc(OC)c1OC. The molecule has 7 nitrogen and oxygen atoms in total. The fraction of sp³-hybridized carbons (Fsp3) is 0.304. The van der Waals surface area contributed by atoms with Crippen molar-refractivity contribution >= 4 is 23.0 Å². The Kier molecular flexibility index (Phi) is 5.61. The molecule has 0 spiro atoms. The van der Waals surface area contributed by atoms with Gasteiger partial charge < -0.3 is 24.1 Å². The van der Waals surface area contributed by atoms with E-state index in [4.69, 9.17) is 14.2 Å². The monoisotopic (exact) mass is 407 g/mol. The van der Waals surface area contributed by atoms with Crippen LogP contribution in [0.15, 0.2) is 42.5 Å². The van der Waals surface area contributed by atoms with Crippen LogP contribution in [0.25, 0.3) is 17.1 Å². The zero-order valence-electron chi connectivity index (χ0n) is 17.3. The van der Waals surface area contributed by atoms with Gasteiger partial charge in [-0.3, -0.25) is 4.79 Å². The molecule has 0 aliphatic carbocycles. The van der Waals surface area contributed by atoms with Crippen molar-refractivity contribution in [3.63, 3.8) is 0 Å². The number of imidazole rings is 1. The summed E-state index contributed by atoms with van der Waals surface area (Å²) in [5.74, 6) is 2.40. The number of aromatic amines is 1. The third-order valence-corrected chi connectivity index (χ3v) is 5.36. The van der Waals surface area contributed by atoms with Gasteiger partial charge in [-0.25, -0.2) is 4.98 Å². The first-order valence-electron chi connectivity index (χ1n) is 9.88. The number of H-pyrrole nitrogens is 1. The summed E-state index contributed by atoms with van der Waals surface area (Å²) in [5, 5.41) is 0. The Labute approximate surface area is 175 Å². The van der Waals surface area contributed by atoms with Gasteiger partial charge in [-0.1, -0.05) is 12.1 Å². The molecule has 0 bridgehead atoms. The first-order chi connectivity index (χ1) is 14.6. The predicted octanol–water partition coefficient (Wildman–Crippen LogP) is 3.97. The quantitative estimate of drug-likeness (QED) is 0.626. The zero-order valence-corrected chi connectivity index (χ0v) is 17.3. The van der Waals surface area contributed by atoms with Crippen molar-refractivity contribution < 1.29 is 19.0 Å². The zero-order chi connectivity index (χ0) is 21.1. The molecular weight excluding hydrogens is 382 g/mol. The van der Waals surface area contributed by atoms with Crippen LogP contribution in [-0.2, 0) is 4.79 Å². The number of methoxy groups -OCH3 is 3. The molecule has 4 rings (SSSR count). The minimum Gasteiger partial charge on any atom is -0.493 e. The molecule has 2 aromatic carbocycles. The fourth-order valence-corrected chi connectivity index (χ4v) is 3.91. The molecule has 1 fully saturated rings. The van der Waals surface area contributed by atoms with Gasteiger partial charge >= 0.3 is 0 Å². The van der Waals surface area contributed by atoms with Crippen molar-refractivity contribution in [2.45, 2.75) is 18.9 Å². The lowest BCUT2D eigenvalue weighted by Gasteiger charge is -2.21. The fourth-order valence-electron chi connectivity index (χ4n) is 3.91. The topological polar surface area (TPSA) is 76.7 Å². The highest BCUT2D eigenvalue weighted by Gasteiger charge is 2.31. The van der Waals surface area contributed by atoms with Crippen LogP contribution < -0.4 is 14.2 Å². The lowest BCUT2D eigenvalue weighted by molar-refractivity contribution is -0.126. The Balaban J connectivity index is 1.56. The highest BCUT2D eigenvalue weighted by Crippen LogP contribution is 2.38. The van der Waals surface area contributed by atoms with Gasteiger partial charge in [0.05, 0.1) is 38.4 Å². The number of benzene rings is 2. The summed E-state index contributed by atoms with van der Waals surface area (Å²) in [4.78, 5) is 22.9. The molecule has 3 aromatic rings. The van der Waals surface area contributed by atoms with Gasteiger partial charge in [0, 0.05) is 12.6 Å². The third kappa shape index (κ3) is 3.70. The summed E-state index contributed by atoms with van der Waals surface area (Å²) in [5.41, 5.74) is 2.69. The maximum Gasteiger partial charge on any atom is 0.247 e.